The zero-order chi connectivity index (χ0) is 25.5. The van der Waals surface area contributed by atoms with E-state index in [0.29, 0.717) is 54.1 Å². The topological polar surface area (TPSA) is 61.9 Å². The standard InChI is InChI=1S/C29H32ClN3O3/c1-3-21(2)22-9-12-25(13-10-22)36-20-28(34)31-24-11-14-27(26(30)19-24)32-15-17-33(18-16-32)29(35)23-7-5-4-6-8-23/h4-14,19,21H,3,15-18,20H2,1-2H3,(H,31,34)/t21-/m1/s1. The number of rotatable bonds is 8. The van der Waals surface area contributed by atoms with Crippen LogP contribution in [0.25, 0.3) is 0 Å². The molecule has 1 aliphatic rings. The van der Waals surface area contributed by atoms with Gasteiger partial charge in [0.1, 0.15) is 5.75 Å². The first-order chi connectivity index (χ1) is 17.4. The highest BCUT2D eigenvalue weighted by atomic mass is 35.5. The summed E-state index contributed by atoms with van der Waals surface area (Å²) in [6.07, 6.45) is 1.08. The number of benzene rings is 3. The molecule has 2 amide bonds. The van der Waals surface area contributed by atoms with Crippen LogP contribution < -0.4 is 15.0 Å². The maximum Gasteiger partial charge on any atom is 0.262 e. The normalized spacial score (nSPS) is 14.3. The van der Waals surface area contributed by atoms with Gasteiger partial charge in [0.05, 0.1) is 10.7 Å². The van der Waals surface area contributed by atoms with Gasteiger partial charge in [-0.3, -0.25) is 9.59 Å². The Labute approximate surface area is 217 Å². The first-order valence-electron chi connectivity index (χ1n) is 12.4. The van der Waals surface area contributed by atoms with Gasteiger partial charge in [-0.05, 0) is 60.4 Å². The van der Waals surface area contributed by atoms with E-state index in [9.17, 15) is 9.59 Å². The van der Waals surface area contributed by atoms with Crippen molar-refractivity contribution in [2.24, 2.45) is 0 Å². The number of ether oxygens (including phenoxy) is 1. The summed E-state index contributed by atoms with van der Waals surface area (Å²) >= 11 is 6.56. The number of hydrogen-bond acceptors (Lipinski definition) is 4. The van der Waals surface area contributed by atoms with Crippen LogP contribution in [-0.4, -0.2) is 49.5 Å². The highest BCUT2D eigenvalue weighted by Crippen LogP contribution is 2.30. The van der Waals surface area contributed by atoms with Crippen molar-refractivity contribution in [3.8, 4) is 5.75 Å². The van der Waals surface area contributed by atoms with Gasteiger partial charge in [0.2, 0.25) is 0 Å². The van der Waals surface area contributed by atoms with E-state index in [4.69, 9.17) is 16.3 Å². The van der Waals surface area contributed by atoms with E-state index in [2.05, 4.69) is 24.1 Å². The Bertz CT molecular complexity index is 1180. The third kappa shape index (κ3) is 6.38. The zero-order valence-corrected chi connectivity index (χ0v) is 21.5. The Balaban J connectivity index is 1.27. The molecule has 1 atom stereocenters. The Kier molecular flexibility index (Phi) is 8.49. The number of halogens is 1. The van der Waals surface area contributed by atoms with E-state index in [1.54, 1.807) is 6.07 Å². The van der Waals surface area contributed by atoms with E-state index < -0.39 is 0 Å². The average Bonchev–Trinajstić information content (AvgIpc) is 2.92. The van der Waals surface area contributed by atoms with Crippen LogP contribution in [0.2, 0.25) is 5.02 Å². The van der Waals surface area contributed by atoms with E-state index in [0.717, 1.165) is 12.1 Å². The molecule has 0 unspecified atom stereocenters. The maximum atomic E-state index is 12.7. The second kappa shape index (κ2) is 12.0. The van der Waals surface area contributed by atoms with Gasteiger partial charge in [-0.25, -0.2) is 0 Å². The van der Waals surface area contributed by atoms with Crippen molar-refractivity contribution in [3.63, 3.8) is 0 Å². The first-order valence-corrected chi connectivity index (χ1v) is 12.7. The predicted molar refractivity (Wildman–Crippen MR) is 145 cm³/mol. The molecular weight excluding hydrogens is 474 g/mol. The fraction of sp³-hybridized carbons (Fsp3) is 0.310. The van der Waals surface area contributed by atoms with Crippen LogP contribution in [0.5, 0.6) is 5.75 Å². The quantitative estimate of drug-likeness (QED) is 0.418. The van der Waals surface area contributed by atoms with Crippen LogP contribution >= 0.6 is 11.6 Å². The molecule has 0 aromatic heterocycles. The van der Waals surface area contributed by atoms with E-state index in [1.807, 2.05) is 71.6 Å². The van der Waals surface area contributed by atoms with E-state index in [-0.39, 0.29) is 18.4 Å². The fourth-order valence-electron chi connectivity index (χ4n) is 4.23. The Hall–Kier alpha value is -3.51. The molecule has 188 valence electrons. The molecule has 0 bridgehead atoms. The molecule has 1 aliphatic heterocycles. The summed E-state index contributed by atoms with van der Waals surface area (Å²) < 4.78 is 5.63. The zero-order valence-electron chi connectivity index (χ0n) is 20.7. The molecule has 1 saturated heterocycles. The van der Waals surface area contributed by atoms with Crippen molar-refractivity contribution in [1.82, 2.24) is 4.90 Å². The third-order valence-electron chi connectivity index (χ3n) is 6.59. The third-order valence-corrected chi connectivity index (χ3v) is 6.89. The van der Waals surface area contributed by atoms with Gasteiger partial charge < -0.3 is 19.9 Å². The van der Waals surface area contributed by atoms with Gasteiger partial charge >= 0.3 is 0 Å². The summed E-state index contributed by atoms with van der Waals surface area (Å²) in [5.74, 6) is 0.956. The Morgan fingerprint density at radius 2 is 1.67 bits per heavy atom. The van der Waals surface area contributed by atoms with Crippen LogP contribution in [0.3, 0.4) is 0 Å². The lowest BCUT2D eigenvalue weighted by Crippen LogP contribution is -2.48. The van der Waals surface area contributed by atoms with Gasteiger partial charge in [0.15, 0.2) is 6.61 Å². The van der Waals surface area contributed by atoms with Crippen molar-refractivity contribution in [3.05, 3.63) is 88.9 Å². The first kappa shape index (κ1) is 25.6. The SMILES string of the molecule is CC[C@@H](C)c1ccc(OCC(=O)Nc2ccc(N3CCN(C(=O)c4ccccc4)CC3)c(Cl)c2)cc1. The summed E-state index contributed by atoms with van der Waals surface area (Å²) in [5, 5.41) is 3.40. The van der Waals surface area contributed by atoms with Crippen molar-refractivity contribution in [2.75, 3.05) is 43.0 Å². The molecule has 1 heterocycles. The minimum atomic E-state index is -0.252. The fourth-order valence-corrected chi connectivity index (χ4v) is 4.53. The number of carbonyl (C=O) groups excluding carboxylic acids is 2. The van der Waals surface area contributed by atoms with Crippen molar-refractivity contribution < 1.29 is 14.3 Å². The number of hydrogen-bond donors (Lipinski definition) is 1. The van der Waals surface area contributed by atoms with Crippen molar-refractivity contribution in [1.29, 1.82) is 0 Å². The summed E-state index contributed by atoms with van der Waals surface area (Å²) in [6, 6.07) is 22.7. The number of piperazine rings is 1. The molecule has 0 saturated carbocycles. The lowest BCUT2D eigenvalue weighted by atomic mass is 9.99. The predicted octanol–water partition coefficient (Wildman–Crippen LogP) is 5.83. The molecule has 3 aromatic carbocycles. The smallest absolute Gasteiger partial charge is 0.262 e. The lowest BCUT2D eigenvalue weighted by Gasteiger charge is -2.36. The summed E-state index contributed by atoms with van der Waals surface area (Å²) in [5.41, 5.74) is 3.46. The van der Waals surface area contributed by atoms with E-state index in [1.165, 1.54) is 5.56 Å². The molecule has 1 fully saturated rings. The van der Waals surface area contributed by atoms with Crippen LogP contribution in [0.1, 0.15) is 42.1 Å². The minimum Gasteiger partial charge on any atom is -0.484 e. The molecule has 3 aromatic rings. The van der Waals surface area contributed by atoms with Crippen LogP contribution in [0, 0.1) is 0 Å². The number of nitrogens with one attached hydrogen (secondary N) is 1. The number of carbonyl (C=O) groups is 2. The highest BCUT2D eigenvalue weighted by Gasteiger charge is 2.23. The number of nitrogens with zero attached hydrogens (tertiary/aromatic N) is 2. The second-order valence-electron chi connectivity index (χ2n) is 9.03. The van der Waals surface area contributed by atoms with E-state index >= 15 is 0 Å². The van der Waals surface area contributed by atoms with Crippen LogP contribution in [-0.2, 0) is 4.79 Å². The molecule has 0 radical (unpaired) electrons. The van der Waals surface area contributed by atoms with Gasteiger partial charge in [0, 0.05) is 37.4 Å². The largest absolute Gasteiger partial charge is 0.484 e. The molecule has 0 aliphatic carbocycles. The van der Waals surface area contributed by atoms with Gasteiger partial charge in [-0.1, -0.05) is 55.8 Å². The number of anilines is 2. The minimum absolute atomic E-state index is 0.0492. The van der Waals surface area contributed by atoms with Crippen molar-refractivity contribution >= 4 is 34.8 Å². The van der Waals surface area contributed by atoms with Gasteiger partial charge in [-0.2, -0.15) is 0 Å². The Morgan fingerprint density at radius 1 is 0.972 bits per heavy atom. The summed E-state index contributed by atoms with van der Waals surface area (Å²) in [6.45, 7) is 6.89. The average molecular weight is 506 g/mol. The van der Waals surface area contributed by atoms with Gasteiger partial charge in [0.25, 0.3) is 11.8 Å². The molecule has 4 rings (SSSR count). The molecule has 36 heavy (non-hydrogen) atoms. The highest BCUT2D eigenvalue weighted by molar-refractivity contribution is 6.33. The summed E-state index contributed by atoms with van der Waals surface area (Å²) in [4.78, 5) is 29.1. The molecule has 7 heteroatoms. The number of amides is 2. The molecule has 1 N–H and O–H groups in total. The van der Waals surface area contributed by atoms with Crippen LogP contribution in [0.15, 0.2) is 72.8 Å². The lowest BCUT2D eigenvalue weighted by molar-refractivity contribution is -0.118. The van der Waals surface area contributed by atoms with Gasteiger partial charge in [-0.15, -0.1) is 0 Å². The maximum absolute atomic E-state index is 12.7. The molecular formula is C29H32ClN3O3. The molecule has 0 spiro atoms. The van der Waals surface area contributed by atoms with Crippen LogP contribution in [0.4, 0.5) is 11.4 Å². The van der Waals surface area contributed by atoms with Crippen molar-refractivity contribution in [2.45, 2.75) is 26.2 Å². The monoisotopic (exact) mass is 505 g/mol. The Morgan fingerprint density at radius 3 is 2.31 bits per heavy atom. The molecule has 6 nitrogen and oxygen atoms in total. The summed E-state index contributed by atoms with van der Waals surface area (Å²) in [7, 11) is 0. The second-order valence-corrected chi connectivity index (χ2v) is 9.43.